The highest BCUT2D eigenvalue weighted by molar-refractivity contribution is 6.62. The molecular formula is C20H22BF3N2O3. The molecule has 0 saturated carbocycles. The fourth-order valence-corrected chi connectivity index (χ4v) is 2.87. The number of halogens is 3. The lowest BCUT2D eigenvalue weighted by Gasteiger charge is -2.32. The van der Waals surface area contributed by atoms with E-state index in [-0.39, 0.29) is 5.69 Å². The number of carbonyl (C=O) groups is 1. The van der Waals surface area contributed by atoms with Gasteiger partial charge in [-0.05, 0) is 64.3 Å². The minimum Gasteiger partial charge on any atom is -0.399 e. The highest BCUT2D eigenvalue weighted by atomic mass is 19.4. The van der Waals surface area contributed by atoms with Crippen molar-refractivity contribution in [3.63, 3.8) is 0 Å². The van der Waals surface area contributed by atoms with Crippen LogP contribution in [0.5, 0.6) is 0 Å². The summed E-state index contributed by atoms with van der Waals surface area (Å²) >= 11 is 0. The molecule has 29 heavy (non-hydrogen) atoms. The van der Waals surface area contributed by atoms with Crippen LogP contribution in [0.2, 0.25) is 0 Å². The van der Waals surface area contributed by atoms with E-state index in [4.69, 9.17) is 9.31 Å². The molecule has 0 spiro atoms. The number of anilines is 1. The smallest absolute Gasteiger partial charge is 0.399 e. The summed E-state index contributed by atoms with van der Waals surface area (Å²) in [5.74, 6) is -0.736. The minimum absolute atomic E-state index is 0.322. The van der Waals surface area contributed by atoms with Crippen molar-refractivity contribution < 1.29 is 27.3 Å². The molecule has 0 bridgehead atoms. The maximum atomic E-state index is 12.9. The number of carbonyl (C=O) groups excluding carboxylic acids is 1. The van der Waals surface area contributed by atoms with Gasteiger partial charge in [-0.1, -0.05) is 11.6 Å². The maximum absolute atomic E-state index is 12.9. The van der Waals surface area contributed by atoms with E-state index in [9.17, 15) is 18.0 Å². The second-order valence-corrected chi connectivity index (χ2v) is 8.04. The lowest BCUT2D eigenvalue weighted by atomic mass is 9.76. The highest BCUT2D eigenvalue weighted by Gasteiger charge is 2.52. The molecule has 5 nitrogen and oxygen atoms in total. The standard InChI is InChI=1S/C20H22BF3N2O3/c1-12-6-7-14(11-15(12)21-28-18(2,3)19(4,5)29-21)26-17(27)16-10-13(8-9-25-16)20(22,23)24/h6-11H,1-5H3,(H,26,27). The Bertz CT molecular complexity index is 929. The van der Waals surface area contributed by atoms with Crippen LogP contribution >= 0.6 is 0 Å². The Morgan fingerprint density at radius 1 is 1.07 bits per heavy atom. The summed E-state index contributed by atoms with van der Waals surface area (Å²) in [6.45, 7) is 9.64. The van der Waals surface area contributed by atoms with Crippen molar-refractivity contribution in [1.82, 2.24) is 4.98 Å². The van der Waals surface area contributed by atoms with E-state index >= 15 is 0 Å². The van der Waals surface area contributed by atoms with Crippen molar-refractivity contribution in [1.29, 1.82) is 0 Å². The molecule has 0 atom stereocenters. The highest BCUT2D eigenvalue weighted by Crippen LogP contribution is 2.37. The summed E-state index contributed by atoms with van der Waals surface area (Å²) in [6, 6.07) is 6.69. The van der Waals surface area contributed by atoms with Crippen LogP contribution in [0, 0.1) is 6.92 Å². The monoisotopic (exact) mass is 406 g/mol. The number of aromatic nitrogens is 1. The molecule has 2 aromatic rings. The van der Waals surface area contributed by atoms with Crippen LogP contribution < -0.4 is 10.8 Å². The van der Waals surface area contributed by atoms with Gasteiger partial charge in [0.15, 0.2) is 0 Å². The van der Waals surface area contributed by atoms with Crippen molar-refractivity contribution in [3.8, 4) is 0 Å². The van der Waals surface area contributed by atoms with Gasteiger partial charge in [0.2, 0.25) is 0 Å². The van der Waals surface area contributed by atoms with Crippen molar-refractivity contribution >= 4 is 24.2 Å². The summed E-state index contributed by atoms with van der Waals surface area (Å²) in [4.78, 5) is 16.2. The Balaban J connectivity index is 1.83. The summed E-state index contributed by atoms with van der Waals surface area (Å²) in [6.07, 6.45) is -3.59. The SMILES string of the molecule is Cc1ccc(NC(=O)c2cc(C(F)(F)F)ccn2)cc1B1OC(C)(C)C(C)(C)O1. The Kier molecular flexibility index (Phi) is 5.25. The molecule has 1 aromatic heterocycles. The predicted molar refractivity (Wildman–Crippen MR) is 104 cm³/mol. The molecule has 1 aliphatic heterocycles. The van der Waals surface area contributed by atoms with Crippen molar-refractivity contribution in [2.24, 2.45) is 0 Å². The number of nitrogens with one attached hydrogen (secondary N) is 1. The van der Waals surface area contributed by atoms with E-state index in [0.29, 0.717) is 5.69 Å². The van der Waals surface area contributed by atoms with Gasteiger partial charge in [0.25, 0.3) is 5.91 Å². The average molecular weight is 406 g/mol. The second kappa shape index (κ2) is 7.14. The zero-order valence-electron chi connectivity index (χ0n) is 16.8. The van der Waals surface area contributed by atoms with Crippen LogP contribution in [0.3, 0.4) is 0 Å². The molecule has 0 radical (unpaired) electrons. The normalized spacial score (nSPS) is 18.0. The van der Waals surface area contributed by atoms with E-state index in [2.05, 4.69) is 10.3 Å². The molecule has 0 aliphatic carbocycles. The Morgan fingerprint density at radius 3 is 2.28 bits per heavy atom. The van der Waals surface area contributed by atoms with Crippen molar-refractivity contribution in [2.45, 2.75) is 52.0 Å². The number of alkyl halides is 3. The topological polar surface area (TPSA) is 60.5 Å². The molecule has 1 fully saturated rings. The number of pyridine rings is 1. The Labute approximate surface area is 167 Å². The summed E-state index contributed by atoms with van der Waals surface area (Å²) in [5.41, 5.74) is -0.255. The number of nitrogens with zero attached hydrogens (tertiary/aromatic N) is 1. The first-order valence-electron chi connectivity index (χ1n) is 9.11. The van der Waals surface area contributed by atoms with Crippen LogP contribution in [-0.2, 0) is 15.5 Å². The minimum atomic E-state index is -4.55. The van der Waals surface area contributed by atoms with Crippen LogP contribution in [0.25, 0.3) is 0 Å². The van der Waals surface area contributed by atoms with Crippen LogP contribution in [0.15, 0.2) is 36.5 Å². The molecule has 3 rings (SSSR count). The first-order chi connectivity index (χ1) is 13.3. The van der Waals surface area contributed by atoms with E-state index in [1.165, 1.54) is 0 Å². The van der Waals surface area contributed by atoms with Crippen LogP contribution in [0.1, 0.15) is 49.3 Å². The number of aryl methyl sites for hydroxylation is 1. The van der Waals surface area contributed by atoms with Crippen molar-refractivity contribution in [3.05, 3.63) is 53.3 Å². The summed E-state index contributed by atoms with van der Waals surface area (Å²) in [5, 5.41) is 2.59. The molecule has 1 amide bonds. The Hall–Kier alpha value is -2.39. The predicted octanol–water partition coefficient (Wildman–Crippen LogP) is 3.96. The Morgan fingerprint density at radius 2 is 1.69 bits per heavy atom. The molecule has 9 heteroatoms. The third-order valence-corrected chi connectivity index (χ3v) is 5.36. The first kappa shape index (κ1) is 21.3. The molecule has 154 valence electrons. The lowest BCUT2D eigenvalue weighted by molar-refractivity contribution is -0.137. The van der Waals surface area contributed by atoms with Gasteiger partial charge in [-0.25, -0.2) is 0 Å². The number of benzene rings is 1. The fourth-order valence-electron chi connectivity index (χ4n) is 2.87. The largest absolute Gasteiger partial charge is 0.495 e. The van der Waals surface area contributed by atoms with Gasteiger partial charge in [0.05, 0.1) is 16.8 Å². The van der Waals surface area contributed by atoms with Gasteiger partial charge in [-0.3, -0.25) is 9.78 Å². The maximum Gasteiger partial charge on any atom is 0.495 e. The van der Waals surface area contributed by atoms with Gasteiger partial charge in [-0.15, -0.1) is 0 Å². The number of hydrogen-bond donors (Lipinski definition) is 1. The molecule has 2 heterocycles. The van der Waals surface area contributed by atoms with Gasteiger partial charge >= 0.3 is 13.3 Å². The summed E-state index contributed by atoms with van der Waals surface area (Å²) in [7, 11) is -0.622. The van der Waals surface area contributed by atoms with Gasteiger partial charge in [-0.2, -0.15) is 13.2 Å². The number of hydrogen-bond acceptors (Lipinski definition) is 4. The zero-order valence-corrected chi connectivity index (χ0v) is 16.8. The molecule has 1 aromatic carbocycles. The second-order valence-electron chi connectivity index (χ2n) is 8.04. The third-order valence-electron chi connectivity index (χ3n) is 5.36. The number of rotatable bonds is 3. The molecule has 1 saturated heterocycles. The third kappa shape index (κ3) is 4.30. The van der Waals surface area contributed by atoms with E-state index in [1.54, 1.807) is 18.2 Å². The van der Waals surface area contributed by atoms with Gasteiger partial charge < -0.3 is 14.6 Å². The molecule has 1 N–H and O–H groups in total. The van der Waals surface area contributed by atoms with Crippen LogP contribution in [0.4, 0.5) is 18.9 Å². The van der Waals surface area contributed by atoms with E-state index in [0.717, 1.165) is 29.4 Å². The van der Waals surface area contributed by atoms with Crippen molar-refractivity contribution in [2.75, 3.05) is 5.32 Å². The van der Waals surface area contributed by atoms with Gasteiger partial charge in [0.1, 0.15) is 5.69 Å². The first-order valence-corrected chi connectivity index (χ1v) is 9.11. The van der Waals surface area contributed by atoms with E-state index < -0.39 is 36.0 Å². The average Bonchev–Trinajstić information content (AvgIpc) is 2.83. The molecule has 0 unspecified atom stereocenters. The lowest BCUT2D eigenvalue weighted by Crippen LogP contribution is -2.41. The molecular weight excluding hydrogens is 384 g/mol. The van der Waals surface area contributed by atoms with Crippen LogP contribution in [-0.4, -0.2) is 29.2 Å². The molecule has 1 aliphatic rings. The van der Waals surface area contributed by atoms with Gasteiger partial charge in [0, 0.05) is 11.9 Å². The van der Waals surface area contributed by atoms with E-state index in [1.807, 2.05) is 34.6 Å². The quantitative estimate of drug-likeness (QED) is 0.785. The fraction of sp³-hybridized carbons (Fsp3) is 0.400. The number of amides is 1. The zero-order chi connectivity index (χ0) is 21.6. The summed E-state index contributed by atoms with van der Waals surface area (Å²) < 4.78 is 50.7.